The summed E-state index contributed by atoms with van der Waals surface area (Å²) in [7, 11) is 1.53. The molecule has 1 heterocycles. The number of carbonyl (C=O) groups excluding carboxylic acids is 2. The van der Waals surface area contributed by atoms with Crippen LogP contribution in [-0.2, 0) is 11.3 Å². The van der Waals surface area contributed by atoms with Gasteiger partial charge < -0.3 is 9.47 Å². The number of hydrogen-bond acceptors (Lipinski definition) is 5. The van der Waals surface area contributed by atoms with E-state index in [9.17, 15) is 9.59 Å². The van der Waals surface area contributed by atoms with Gasteiger partial charge in [0.25, 0.3) is 11.1 Å². The van der Waals surface area contributed by atoms with Gasteiger partial charge in [-0.15, -0.1) is 6.42 Å². The molecule has 0 saturated carbocycles. The molecule has 2 aromatic rings. The molecular weight excluding hydrogens is 569 g/mol. The molecule has 2 amide bonds. The van der Waals surface area contributed by atoms with Crippen molar-refractivity contribution < 1.29 is 19.1 Å². The monoisotopic (exact) mass is 583 g/mol. The largest absolute Gasteiger partial charge is 0.493 e. The van der Waals surface area contributed by atoms with E-state index in [2.05, 4.69) is 44.4 Å². The van der Waals surface area contributed by atoms with E-state index < -0.39 is 0 Å². The standard InChI is InChI=1S/C21H15BrINO4S/c1-3-8-28-19-16(23)9-13(10-17(19)27-2)11-18-20(25)24(21(26)29-18)12-14-6-4-5-7-15(14)22/h1,4-7,9-11H,8,12H2,2H3/b18-11+. The zero-order valence-corrected chi connectivity index (χ0v) is 19.8. The summed E-state index contributed by atoms with van der Waals surface area (Å²) in [5, 5.41) is -0.298. The van der Waals surface area contributed by atoms with Crippen LogP contribution in [0, 0.1) is 15.9 Å². The molecule has 0 unspecified atom stereocenters. The predicted molar refractivity (Wildman–Crippen MR) is 126 cm³/mol. The predicted octanol–water partition coefficient (Wildman–Crippen LogP) is 5.31. The number of hydrogen-bond donors (Lipinski definition) is 0. The fourth-order valence-electron chi connectivity index (χ4n) is 2.66. The second-order valence-corrected chi connectivity index (χ2v) is 8.90. The Balaban J connectivity index is 1.87. The van der Waals surface area contributed by atoms with Crippen molar-refractivity contribution in [2.45, 2.75) is 6.54 Å². The van der Waals surface area contributed by atoms with E-state index in [1.807, 2.05) is 30.3 Å². The van der Waals surface area contributed by atoms with Crippen molar-refractivity contribution in [1.82, 2.24) is 4.90 Å². The van der Waals surface area contributed by atoms with Crippen LogP contribution >= 0.6 is 50.3 Å². The van der Waals surface area contributed by atoms with Crippen LogP contribution < -0.4 is 9.47 Å². The first-order chi connectivity index (χ1) is 13.9. The summed E-state index contributed by atoms with van der Waals surface area (Å²) in [6.07, 6.45) is 6.94. The minimum Gasteiger partial charge on any atom is -0.493 e. The summed E-state index contributed by atoms with van der Waals surface area (Å²) in [6, 6.07) is 11.1. The molecular formula is C21H15BrINO4S. The summed E-state index contributed by atoms with van der Waals surface area (Å²) in [5.41, 5.74) is 1.59. The number of imide groups is 1. The molecule has 3 rings (SSSR count). The normalized spacial score (nSPS) is 15.0. The molecule has 148 valence electrons. The molecule has 5 nitrogen and oxygen atoms in total. The third kappa shape index (κ3) is 4.97. The SMILES string of the molecule is C#CCOc1c(I)cc(/C=C2/SC(=O)N(Cc3ccccc3Br)C2=O)cc1OC. The van der Waals surface area contributed by atoms with E-state index in [1.54, 1.807) is 12.1 Å². The molecule has 1 fully saturated rings. The number of methoxy groups -OCH3 is 1. The molecule has 0 atom stereocenters. The molecule has 0 bridgehead atoms. The average Bonchev–Trinajstić information content (AvgIpc) is 2.95. The highest BCUT2D eigenvalue weighted by Gasteiger charge is 2.35. The van der Waals surface area contributed by atoms with Gasteiger partial charge in [0, 0.05) is 4.47 Å². The van der Waals surface area contributed by atoms with Gasteiger partial charge in [-0.25, -0.2) is 0 Å². The highest BCUT2D eigenvalue weighted by Crippen LogP contribution is 2.38. The maximum absolute atomic E-state index is 12.8. The van der Waals surface area contributed by atoms with Crippen LogP contribution in [0.1, 0.15) is 11.1 Å². The third-order valence-electron chi connectivity index (χ3n) is 4.01. The van der Waals surface area contributed by atoms with Gasteiger partial charge in [0.1, 0.15) is 6.61 Å². The molecule has 0 aromatic heterocycles. The van der Waals surface area contributed by atoms with Crippen LogP contribution in [0.25, 0.3) is 6.08 Å². The minimum absolute atomic E-state index is 0.125. The van der Waals surface area contributed by atoms with Crippen LogP contribution in [0.5, 0.6) is 11.5 Å². The third-order valence-corrected chi connectivity index (χ3v) is 6.49. The number of thioether (sulfide) groups is 1. The number of amides is 2. The Kier molecular flexibility index (Phi) is 7.27. The molecule has 1 aliphatic rings. The van der Waals surface area contributed by atoms with E-state index in [1.165, 1.54) is 12.0 Å². The zero-order valence-electron chi connectivity index (χ0n) is 15.3. The number of terminal acetylenes is 1. The van der Waals surface area contributed by atoms with Crippen molar-refractivity contribution in [3.63, 3.8) is 0 Å². The fourth-order valence-corrected chi connectivity index (χ4v) is 4.69. The number of carbonyl (C=O) groups is 2. The molecule has 0 aliphatic carbocycles. The van der Waals surface area contributed by atoms with Crippen molar-refractivity contribution in [2.75, 3.05) is 13.7 Å². The molecule has 0 radical (unpaired) electrons. The average molecular weight is 584 g/mol. The Morgan fingerprint density at radius 1 is 1.31 bits per heavy atom. The van der Waals surface area contributed by atoms with Crippen molar-refractivity contribution >= 4 is 67.5 Å². The highest BCUT2D eigenvalue weighted by molar-refractivity contribution is 14.1. The lowest BCUT2D eigenvalue weighted by Crippen LogP contribution is -2.27. The summed E-state index contributed by atoms with van der Waals surface area (Å²) >= 11 is 6.49. The van der Waals surface area contributed by atoms with Gasteiger partial charge >= 0.3 is 0 Å². The van der Waals surface area contributed by atoms with Gasteiger partial charge in [-0.1, -0.05) is 40.0 Å². The van der Waals surface area contributed by atoms with Crippen LogP contribution in [0.2, 0.25) is 0 Å². The Morgan fingerprint density at radius 2 is 2.07 bits per heavy atom. The maximum atomic E-state index is 12.8. The van der Waals surface area contributed by atoms with Crippen LogP contribution in [0.3, 0.4) is 0 Å². The number of nitrogens with zero attached hydrogens (tertiary/aromatic N) is 1. The summed E-state index contributed by atoms with van der Waals surface area (Å²) < 4.78 is 12.6. The lowest BCUT2D eigenvalue weighted by molar-refractivity contribution is -0.123. The Hall–Kier alpha value is -1.96. The first-order valence-corrected chi connectivity index (χ1v) is 11.1. The van der Waals surface area contributed by atoms with Crippen molar-refractivity contribution in [2.24, 2.45) is 0 Å². The Labute approximate surface area is 195 Å². The molecule has 1 saturated heterocycles. The van der Waals surface area contributed by atoms with Crippen LogP contribution in [0.15, 0.2) is 45.8 Å². The Bertz CT molecular complexity index is 1050. The van der Waals surface area contributed by atoms with Gasteiger partial charge in [0.15, 0.2) is 11.5 Å². The fraction of sp³-hybridized carbons (Fsp3) is 0.143. The lowest BCUT2D eigenvalue weighted by Gasteiger charge is -2.13. The molecule has 0 spiro atoms. The van der Waals surface area contributed by atoms with Gasteiger partial charge in [-0.3, -0.25) is 14.5 Å². The van der Waals surface area contributed by atoms with E-state index in [0.717, 1.165) is 30.9 Å². The summed E-state index contributed by atoms with van der Waals surface area (Å²) in [5.74, 6) is 3.15. The topological polar surface area (TPSA) is 55.8 Å². The van der Waals surface area contributed by atoms with Crippen molar-refractivity contribution in [3.05, 3.63) is 60.5 Å². The Morgan fingerprint density at radius 3 is 2.76 bits per heavy atom. The van der Waals surface area contributed by atoms with Crippen molar-refractivity contribution in [3.8, 4) is 23.8 Å². The van der Waals surface area contributed by atoms with E-state index in [4.69, 9.17) is 15.9 Å². The molecule has 8 heteroatoms. The van der Waals surface area contributed by atoms with Crippen molar-refractivity contribution in [1.29, 1.82) is 0 Å². The van der Waals surface area contributed by atoms with Gasteiger partial charge in [0.05, 0.1) is 22.1 Å². The zero-order chi connectivity index (χ0) is 21.0. The molecule has 29 heavy (non-hydrogen) atoms. The molecule has 1 aliphatic heterocycles. The van der Waals surface area contributed by atoms with Gasteiger partial charge in [-0.05, 0) is 69.8 Å². The first kappa shape index (κ1) is 21.7. The van der Waals surface area contributed by atoms with Crippen LogP contribution in [-0.4, -0.2) is 29.8 Å². The summed E-state index contributed by atoms with van der Waals surface area (Å²) in [4.78, 5) is 26.8. The van der Waals surface area contributed by atoms with E-state index in [-0.39, 0.29) is 24.3 Å². The lowest BCUT2D eigenvalue weighted by atomic mass is 10.1. The molecule has 0 N–H and O–H groups in total. The van der Waals surface area contributed by atoms with Crippen LogP contribution in [0.4, 0.5) is 4.79 Å². The number of benzene rings is 2. The minimum atomic E-state index is -0.322. The van der Waals surface area contributed by atoms with E-state index >= 15 is 0 Å². The number of rotatable bonds is 6. The first-order valence-electron chi connectivity index (χ1n) is 8.37. The summed E-state index contributed by atoms with van der Waals surface area (Å²) in [6.45, 7) is 0.336. The number of ether oxygens (including phenoxy) is 2. The highest BCUT2D eigenvalue weighted by atomic mass is 127. The number of halogens is 2. The smallest absolute Gasteiger partial charge is 0.293 e. The maximum Gasteiger partial charge on any atom is 0.293 e. The quantitative estimate of drug-likeness (QED) is 0.262. The molecule has 2 aromatic carbocycles. The van der Waals surface area contributed by atoms with E-state index in [0.29, 0.717) is 16.4 Å². The second-order valence-electron chi connectivity index (χ2n) is 5.89. The van der Waals surface area contributed by atoms with Gasteiger partial charge in [-0.2, -0.15) is 0 Å². The van der Waals surface area contributed by atoms with Gasteiger partial charge in [0.2, 0.25) is 0 Å². The second kappa shape index (κ2) is 9.69.